The summed E-state index contributed by atoms with van der Waals surface area (Å²) in [6.07, 6.45) is 3.63. The highest BCUT2D eigenvalue weighted by atomic mass is 16.5. The molecule has 2 unspecified atom stereocenters. The summed E-state index contributed by atoms with van der Waals surface area (Å²) in [7, 11) is 1.83. The van der Waals surface area contributed by atoms with Gasteiger partial charge in [-0.05, 0) is 44.4 Å². The predicted octanol–water partition coefficient (Wildman–Crippen LogP) is 4.16. The average Bonchev–Trinajstić information content (AvgIpc) is 2.41. The number of rotatable bonds is 8. The Balaban J connectivity index is 3.03. The first-order valence-corrected chi connectivity index (χ1v) is 7.47. The summed E-state index contributed by atoms with van der Waals surface area (Å²) in [4.78, 5) is 0. The van der Waals surface area contributed by atoms with Crippen LogP contribution in [0.5, 0.6) is 0 Å². The molecule has 0 spiro atoms. The Morgan fingerprint density at radius 2 is 1.89 bits per heavy atom. The van der Waals surface area contributed by atoms with Gasteiger partial charge < -0.3 is 10.1 Å². The van der Waals surface area contributed by atoms with Crippen molar-refractivity contribution >= 4 is 0 Å². The first-order valence-electron chi connectivity index (χ1n) is 7.47. The van der Waals surface area contributed by atoms with Gasteiger partial charge in [0.05, 0.1) is 12.1 Å². The molecule has 0 saturated carbocycles. The van der Waals surface area contributed by atoms with Gasteiger partial charge in [-0.15, -0.1) is 0 Å². The van der Waals surface area contributed by atoms with Crippen LogP contribution in [-0.4, -0.2) is 19.8 Å². The zero-order chi connectivity index (χ0) is 14.3. The van der Waals surface area contributed by atoms with E-state index in [1.807, 2.05) is 7.11 Å². The second-order valence-corrected chi connectivity index (χ2v) is 5.35. The van der Waals surface area contributed by atoms with Gasteiger partial charge in [0.2, 0.25) is 0 Å². The second kappa shape index (κ2) is 8.34. The molecular weight excluding hydrogens is 234 g/mol. The van der Waals surface area contributed by atoms with E-state index in [1.165, 1.54) is 16.7 Å². The van der Waals surface area contributed by atoms with Crippen molar-refractivity contribution in [1.29, 1.82) is 0 Å². The quantitative estimate of drug-likeness (QED) is 0.760. The molecule has 2 atom stereocenters. The number of hydrogen-bond donors (Lipinski definition) is 1. The maximum absolute atomic E-state index is 5.74. The molecule has 0 bridgehead atoms. The molecule has 1 aromatic rings. The number of hydrogen-bond acceptors (Lipinski definition) is 2. The van der Waals surface area contributed by atoms with Crippen molar-refractivity contribution in [2.75, 3.05) is 13.7 Å². The van der Waals surface area contributed by atoms with Crippen LogP contribution in [-0.2, 0) is 4.74 Å². The van der Waals surface area contributed by atoms with Crippen LogP contribution in [0.25, 0.3) is 0 Å². The molecule has 1 rings (SSSR count). The van der Waals surface area contributed by atoms with Crippen LogP contribution < -0.4 is 5.32 Å². The topological polar surface area (TPSA) is 21.3 Å². The van der Waals surface area contributed by atoms with Crippen molar-refractivity contribution < 1.29 is 4.74 Å². The highest BCUT2D eigenvalue weighted by Gasteiger charge is 2.23. The van der Waals surface area contributed by atoms with Gasteiger partial charge in [-0.2, -0.15) is 0 Å². The Morgan fingerprint density at radius 3 is 2.47 bits per heavy atom. The maximum atomic E-state index is 5.74. The fourth-order valence-corrected chi connectivity index (χ4v) is 2.54. The first-order chi connectivity index (χ1) is 9.13. The first kappa shape index (κ1) is 16.2. The molecule has 0 aliphatic rings. The van der Waals surface area contributed by atoms with Crippen molar-refractivity contribution in [2.45, 2.75) is 59.1 Å². The van der Waals surface area contributed by atoms with Crippen molar-refractivity contribution in [3.63, 3.8) is 0 Å². The van der Waals surface area contributed by atoms with Gasteiger partial charge in [-0.25, -0.2) is 0 Å². The number of ether oxygens (including phenoxy) is 1. The van der Waals surface area contributed by atoms with E-state index in [0.717, 1.165) is 25.8 Å². The van der Waals surface area contributed by atoms with Crippen LogP contribution >= 0.6 is 0 Å². The highest BCUT2D eigenvalue weighted by Crippen LogP contribution is 2.26. The van der Waals surface area contributed by atoms with Gasteiger partial charge in [0, 0.05) is 7.11 Å². The van der Waals surface area contributed by atoms with E-state index in [2.05, 4.69) is 51.2 Å². The lowest BCUT2D eigenvalue weighted by Crippen LogP contribution is -2.34. The third-order valence-corrected chi connectivity index (χ3v) is 3.63. The third kappa shape index (κ3) is 4.63. The number of nitrogens with one attached hydrogen (secondary N) is 1. The fourth-order valence-electron chi connectivity index (χ4n) is 2.54. The summed E-state index contributed by atoms with van der Waals surface area (Å²) in [5.74, 6) is 0. The zero-order valence-electron chi connectivity index (χ0n) is 13.1. The normalized spacial score (nSPS) is 14.4. The smallest absolute Gasteiger partial charge is 0.0765 e. The van der Waals surface area contributed by atoms with Gasteiger partial charge >= 0.3 is 0 Å². The van der Waals surface area contributed by atoms with Crippen LogP contribution in [0.2, 0.25) is 0 Å². The SMILES string of the molecule is CCCNC(c1cc(C)ccc1C)C(CCC)OC. The minimum Gasteiger partial charge on any atom is -0.379 e. The van der Waals surface area contributed by atoms with Gasteiger partial charge in [-0.1, -0.05) is 44.0 Å². The van der Waals surface area contributed by atoms with Crippen LogP contribution in [0.1, 0.15) is 55.8 Å². The molecule has 19 heavy (non-hydrogen) atoms. The molecule has 2 heteroatoms. The standard InChI is InChI=1S/C17H29NO/c1-6-8-16(19-5)17(18-11-7-2)15-12-13(3)9-10-14(15)4/h9-10,12,16-18H,6-8,11H2,1-5H3. The maximum Gasteiger partial charge on any atom is 0.0765 e. The van der Waals surface area contributed by atoms with E-state index in [4.69, 9.17) is 4.74 Å². The van der Waals surface area contributed by atoms with E-state index in [0.29, 0.717) is 6.04 Å². The van der Waals surface area contributed by atoms with Crippen molar-refractivity contribution in [1.82, 2.24) is 5.32 Å². The molecule has 1 aromatic carbocycles. The van der Waals surface area contributed by atoms with E-state index in [-0.39, 0.29) is 6.10 Å². The molecule has 0 aliphatic carbocycles. The highest BCUT2D eigenvalue weighted by molar-refractivity contribution is 5.33. The molecule has 2 nitrogen and oxygen atoms in total. The summed E-state index contributed by atoms with van der Waals surface area (Å²) in [6.45, 7) is 9.79. The zero-order valence-corrected chi connectivity index (χ0v) is 13.1. The minimum absolute atomic E-state index is 0.247. The molecule has 0 amide bonds. The lowest BCUT2D eigenvalue weighted by Gasteiger charge is -2.29. The van der Waals surface area contributed by atoms with Crippen molar-refractivity contribution in [3.05, 3.63) is 34.9 Å². The van der Waals surface area contributed by atoms with Gasteiger partial charge in [0.1, 0.15) is 0 Å². The molecule has 0 aromatic heterocycles. The largest absolute Gasteiger partial charge is 0.379 e. The Morgan fingerprint density at radius 1 is 1.16 bits per heavy atom. The lowest BCUT2D eigenvalue weighted by molar-refractivity contribution is 0.0604. The minimum atomic E-state index is 0.247. The summed E-state index contributed by atoms with van der Waals surface area (Å²) in [5.41, 5.74) is 4.04. The second-order valence-electron chi connectivity index (χ2n) is 5.35. The van der Waals surface area contributed by atoms with E-state index in [9.17, 15) is 0 Å². The van der Waals surface area contributed by atoms with E-state index in [1.54, 1.807) is 0 Å². The molecular formula is C17H29NO. The molecule has 1 N–H and O–H groups in total. The summed E-state index contributed by atoms with van der Waals surface area (Å²) in [5, 5.41) is 3.66. The Bertz CT molecular complexity index is 376. The van der Waals surface area contributed by atoms with Crippen molar-refractivity contribution in [2.24, 2.45) is 0 Å². The van der Waals surface area contributed by atoms with Gasteiger partial charge in [-0.3, -0.25) is 0 Å². The Kier molecular flexibility index (Phi) is 7.11. The molecule has 0 saturated heterocycles. The van der Waals surface area contributed by atoms with Gasteiger partial charge in [0.15, 0.2) is 0 Å². The number of aryl methyl sites for hydroxylation is 2. The van der Waals surface area contributed by atoms with Crippen LogP contribution in [0.15, 0.2) is 18.2 Å². The average molecular weight is 263 g/mol. The molecule has 108 valence electrons. The predicted molar refractivity (Wildman–Crippen MR) is 82.7 cm³/mol. The van der Waals surface area contributed by atoms with E-state index >= 15 is 0 Å². The van der Waals surface area contributed by atoms with Gasteiger partial charge in [0.25, 0.3) is 0 Å². The van der Waals surface area contributed by atoms with E-state index < -0.39 is 0 Å². The molecule has 0 heterocycles. The Labute approximate surface area is 118 Å². The molecule has 0 aliphatic heterocycles. The number of methoxy groups -OCH3 is 1. The Hall–Kier alpha value is -0.860. The molecule has 0 fully saturated rings. The summed E-state index contributed by atoms with van der Waals surface area (Å²) >= 11 is 0. The summed E-state index contributed by atoms with van der Waals surface area (Å²) < 4.78 is 5.74. The van der Waals surface area contributed by atoms with Crippen LogP contribution in [0.3, 0.4) is 0 Å². The summed E-state index contributed by atoms with van der Waals surface area (Å²) in [6, 6.07) is 6.98. The fraction of sp³-hybridized carbons (Fsp3) is 0.647. The third-order valence-electron chi connectivity index (χ3n) is 3.63. The van der Waals surface area contributed by atoms with Crippen LogP contribution in [0.4, 0.5) is 0 Å². The lowest BCUT2D eigenvalue weighted by atomic mass is 9.93. The molecule has 0 radical (unpaired) electrons. The van der Waals surface area contributed by atoms with Crippen molar-refractivity contribution in [3.8, 4) is 0 Å². The monoisotopic (exact) mass is 263 g/mol. The van der Waals surface area contributed by atoms with Crippen LogP contribution in [0, 0.1) is 13.8 Å². The number of benzene rings is 1.